The molecule has 0 fully saturated rings. The highest BCUT2D eigenvalue weighted by Crippen LogP contribution is 2.46. The smallest absolute Gasteiger partial charge is 0.163 e. The van der Waals surface area contributed by atoms with Crippen LogP contribution >= 0.6 is 0 Å². The Labute approximate surface area is 186 Å². The Bertz CT molecular complexity index is 1370. The first-order valence-corrected chi connectivity index (χ1v) is 10.7. The SMILES string of the molecule is COc1ccc([C@@H]2c3c(C)nn(-c4ccccc4)c3N=C3C=Cc4ccccc4N32)cc1. The molecule has 3 aromatic carbocycles. The number of rotatable bonds is 3. The molecule has 0 aliphatic carbocycles. The Morgan fingerprint density at radius 2 is 1.59 bits per heavy atom. The van der Waals surface area contributed by atoms with Crippen LogP contribution in [0.15, 0.2) is 89.9 Å². The van der Waals surface area contributed by atoms with E-state index in [-0.39, 0.29) is 6.04 Å². The zero-order valence-corrected chi connectivity index (χ0v) is 17.9. The number of anilines is 1. The van der Waals surface area contributed by atoms with Gasteiger partial charge < -0.3 is 9.64 Å². The van der Waals surface area contributed by atoms with Crippen molar-refractivity contribution in [1.29, 1.82) is 0 Å². The van der Waals surface area contributed by atoms with Gasteiger partial charge in [0.15, 0.2) is 5.82 Å². The Morgan fingerprint density at radius 3 is 2.38 bits per heavy atom. The number of nitrogens with zero attached hydrogens (tertiary/aromatic N) is 4. The summed E-state index contributed by atoms with van der Waals surface area (Å²) in [4.78, 5) is 7.43. The number of hydrogen-bond donors (Lipinski definition) is 0. The van der Waals surface area contributed by atoms with Gasteiger partial charge in [0.2, 0.25) is 0 Å². The summed E-state index contributed by atoms with van der Waals surface area (Å²) >= 11 is 0. The number of para-hydroxylation sites is 2. The topological polar surface area (TPSA) is 42.6 Å². The Kier molecular flexibility index (Phi) is 4.21. The molecule has 0 N–H and O–H groups in total. The van der Waals surface area contributed by atoms with Crippen LogP contribution in [0.25, 0.3) is 11.8 Å². The maximum Gasteiger partial charge on any atom is 0.163 e. The fraction of sp³-hybridized carbons (Fsp3) is 0.111. The maximum absolute atomic E-state index is 5.41. The molecule has 1 aromatic heterocycles. The molecule has 1 atom stereocenters. The second-order valence-corrected chi connectivity index (χ2v) is 7.98. The van der Waals surface area contributed by atoms with E-state index in [1.165, 1.54) is 11.1 Å². The van der Waals surface area contributed by atoms with Crippen LogP contribution in [0.3, 0.4) is 0 Å². The standard InChI is InChI=1S/C27H22N4O/c1-18-25-26(20-12-15-22(32-2)16-13-20)30-23-11-7-6-8-19(23)14-17-24(30)28-27(25)31(29-18)21-9-4-3-5-10-21/h3-17,26H,1-2H3/t26-/m1/s1. The maximum atomic E-state index is 5.41. The lowest BCUT2D eigenvalue weighted by molar-refractivity contribution is 0.414. The Morgan fingerprint density at radius 1 is 0.844 bits per heavy atom. The van der Waals surface area contributed by atoms with Crippen molar-refractivity contribution in [2.45, 2.75) is 13.0 Å². The summed E-state index contributed by atoms with van der Waals surface area (Å²) in [5, 5.41) is 4.92. The van der Waals surface area contributed by atoms with Gasteiger partial charge in [0.1, 0.15) is 11.6 Å². The minimum absolute atomic E-state index is 0.0491. The van der Waals surface area contributed by atoms with Gasteiger partial charge in [-0.2, -0.15) is 5.10 Å². The van der Waals surface area contributed by atoms with E-state index in [0.717, 1.165) is 40.0 Å². The van der Waals surface area contributed by atoms with Gasteiger partial charge >= 0.3 is 0 Å². The highest BCUT2D eigenvalue weighted by molar-refractivity contribution is 6.14. The predicted octanol–water partition coefficient (Wildman–Crippen LogP) is 5.86. The summed E-state index contributed by atoms with van der Waals surface area (Å²) in [6, 6.07) is 26.9. The predicted molar refractivity (Wildman–Crippen MR) is 128 cm³/mol. The van der Waals surface area contributed by atoms with Gasteiger partial charge in [-0.15, -0.1) is 0 Å². The van der Waals surface area contributed by atoms with Crippen LogP contribution in [-0.2, 0) is 0 Å². The van der Waals surface area contributed by atoms with Crippen molar-refractivity contribution in [3.8, 4) is 11.4 Å². The fourth-order valence-electron chi connectivity index (χ4n) is 4.62. The number of ether oxygens (including phenoxy) is 1. The molecule has 2 aliphatic heterocycles. The Balaban J connectivity index is 1.62. The number of benzene rings is 3. The van der Waals surface area contributed by atoms with Crippen LogP contribution in [0.4, 0.5) is 11.5 Å². The zero-order valence-electron chi connectivity index (χ0n) is 17.9. The van der Waals surface area contributed by atoms with Crippen molar-refractivity contribution in [3.63, 3.8) is 0 Å². The summed E-state index contributed by atoms with van der Waals surface area (Å²) in [6.45, 7) is 2.07. The molecular formula is C27H22N4O. The van der Waals surface area contributed by atoms with Gasteiger partial charge in [-0.3, -0.25) is 0 Å². The van der Waals surface area contributed by atoms with E-state index in [2.05, 4.69) is 72.5 Å². The van der Waals surface area contributed by atoms with Crippen LogP contribution in [-0.4, -0.2) is 22.7 Å². The Hall–Kier alpha value is -4.12. The van der Waals surface area contributed by atoms with Crippen LogP contribution in [0.1, 0.15) is 28.4 Å². The second-order valence-electron chi connectivity index (χ2n) is 7.98. The van der Waals surface area contributed by atoms with Gasteiger partial charge in [0.05, 0.1) is 30.2 Å². The van der Waals surface area contributed by atoms with E-state index >= 15 is 0 Å². The number of aromatic nitrogens is 2. The van der Waals surface area contributed by atoms with Crippen molar-refractivity contribution in [2.75, 3.05) is 12.0 Å². The molecule has 4 aromatic rings. The van der Waals surface area contributed by atoms with Crippen LogP contribution in [0.5, 0.6) is 5.75 Å². The molecule has 0 radical (unpaired) electrons. The highest BCUT2D eigenvalue weighted by atomic mass is 16.5. The van der Waals surface area contributed by atoms with E-state index in [1.54, 1.807) is 7.11 Å². The first kappa shape index (κ1) is 18.6. The molecule has 0 unspecified atom stereocenters. The van der Waals surface area contributed by atoms with E-state index in [1.807, 2.05) is 35.0 Å². The molecular weight excluding hydrogens is 396 g/mol. The summed E-state index contributed by atoms with van der Waals surface area (Å²) in [6.07, 6.45) is 4.23. The van der Waals surface area contributed by atoms with Crippen molar-refractivity contribution >= 4 is 23.4 Å². The van der Waals surface area contributed by atoms with Gasteiger partial charge in [-0.25, -0.2) is 9.67 Å². The number of amidine groups is 1. The summed E-state index contributed by atoms with van der Waals surface area (Å²) < 4.78 is 7.37. The molecule has 156 valence electrons. The molecule has 6 rings (SSSR count). The number of hydrogen-bond acceptors (Lipinski definition) is 4. The first-order valence-electron chi connectivity index (χ1n) is 10.7. The monoisotopic (exact) mass is 418 g/mol. The first-order chi connectivity index (χ1) is 15.7. The van der Waals surface area contributed by atoms with Crippen molar-refractivity contribution in [2.24, 2.45) is 4.99 Å². The molecule has 0 amide bonds. The third kappa shape index (κ3) is 2.78. The van der Waals surface area contributed by atoms with Gasteiger partial charge in [-0.05, 0) is 60.5 Å². The second kappa shape index (κ2) is 7.24. The number of fused-ring (bicyclic) bond motifs is 4. The highest BCUT2D eigenvalue weighted by Gasteiger charge is 2.38. The summed E-state index contributed by atoms with van der Waals surface area (Å²) in [5.74, 6) is 2.63. The molecule has 2 aliphatic rings. The third-order valence-corrected chi connectivity index (χ3v) is 6.12. The molecule has 0 saturated carbocycles. The van der Waals surface area contributed by atoms with Gasteiger partial charge in [0, 0.05) is 5.56 Å². The third-order valence-electron chi connectivity index (χ3n) is 6.12. The quantitative estimate of drug-likeness (QED) is 0.419. The van der Waals surface area contributed by atoms with E-state index in [9.17, 15) is 0 Å². The van der Waals surface area contributed by atoms with Crippen molar-refractivity contribution in [1.82, 2.24) is 9.78 Å². The normalized spacial score (nSPS) is 16.1. The lowest BCUT2D eigenvalue weighted by atomic mass is 9.92. The molecule has 0 bridgehead atoms. The molecule has 0 saturated heterocycles. The van der Waals surface area contributed by atoms with Crippen LogP contribution < -0.4 is 9.64 Å². The molecule has 3 heterocycles. The van der Waals surface area contributed by atoms with E-state index < -0.39 is 0 Å². The zero-order chi connectivity index (χ0) is 21.7. The average Bonchev–Trinajstić information content (AvgIpc) is 3.19. The van der Waals surface area contributed by atoms with Gasteiger partial charge in [0.25, 0.3) is 0 Å². The number of methoxy groups -OCH3 is 1. The summed E-state index contributed by atoms with van der Waals surface area (Å²) in [5.41, 5.74) is 6.59. The fourth-order valence-corrected chi connectivity index (χ4v) is 4.62. The van der Waals surface area contributed by atoms with Crippen molar-refractivity contribution < 1.29 is 4.74 Å². The van der Waals surface area contributed by atoms with Crippen molar-refractivity contribution in [3.05, 3.63) is 107 Å². The molecule has 5 nitrogen and oxygen atoms in total. The average molecular weight is 419 g/mol. The lowest BCUT2D eigenvalue weighted by Crippen LogP contribution is -2.38. The van der Waals surface area contributed by atoms with E-state index in [4.69, 9.17) is 14.8 Å². The van der Waals surface area contributed by atoms with Crippen LogP contribution in [0.2, 0.25) is 0 Å². The number of aliphatic imine (C=N–C) groups is 1. The number of aryl methyl sites for hydroxylation is 1. The minimum Gasteiger partial charge on any atom is -0.497 e. The molecule has 32 heavy (non-hydrogen) atoms. The summed E-state index contributed by atoms with van der Waals surface area (Å²) in [7, 11) is 1.69. The lowest BCUT2D eigenvalue weighted by Gasteiger charge is -2.39. The van der Waals surface area contributed by atoms with Crippen LogP contribution in [0, 0.1) is 6.92 Å². The largest absolute Gasteiger partial charge is 0.497 e. The molecule has 5 heteroatoms. The minimum atomic E-state index is -0.0491. The van der Waals surface area contributed by atoms with Gasteiger partial charge in [-0.1, -0.05) is 48.5 Å². The van der Waals surface area contributed by atoms with E-state index in [0.29, 0.717) is 0 Å². The molecule has 0 spiro atoms.